The van der Waals surface area contributed by atoms with Crippen molar-refractivity contribution in [3.8, 4) is 5.75 Å². The van der Waals surface area contributed by atoms with Crippen LogP contribution in [0, 0.1) is 5.95 Å². The predicted octanol–water partition coefficient (Wildman–Crippen LogP) is 2.02. The zero-order valence-electron chi connectivity index (χ0n) is 8.93. The fourth-order valence-corrected chi connectivity index (χ4v) is 1.27. The number of aromatic nitrogens is 3. The van der Waals surface area contributed by atoms with Gasteiger partial charge < -0.3 is 4.74 Å². The zero-order valence-corrected chi connectivity index (χ0v) is 8.93. The van der Waals surface area contributed by atoms with E-state index in [1.54, 1.807) is 12.3 Å². The number of hydrogen-bond acceptors (Lipinski definition) is 3. The lowest BCUT2D eigenvalue weighted by atomic mass is 10.4. The average molecular weight is 221 g/mol. The second-order valence-corrected chi connectivity index (χ2v) is 3.31. The molecule has 0 aliphatic heterocycles. The number of rotatable bonds is 4. The molecule has 2 heterocycles. The first-order valence-electron chi connectivity index (χ1n) is 5.03. The average Bonchev–Trinajstić information content (AvgIpc) is 2.76. The summed E-state index contributed by atoms with van der Waals surface area (Å²) in [5, 5.41) is 4.12. The summed E-state index contributed by atoms with van der Waals surface area (Å²) >= 11 is 0. The molecule has 0 aromatic carbocycles. The van der Waals surface area contributed by atoms with Gasteiger partial charge in [-0.25, -0.2) is 4.98 Å². The van der Waals surface area contributed by atoms with E-state index in [9.17, 15) is 4.39 Å². The van der Waals surface area contributed by atoms with E-state index in [0.717, 1.165) is 12.1 Å². The highest BCUT2D eigenvalue weighted by atomic mass is 19.1. The Bertz CT molecular complexity index is 453. The van der Waals surface area contributed by atoms with E-state index in [2.05, 4.69) is 10.1 Å². The number of aryl methyl sites for hydroxylation is 1. The molecule has 4 nitrogen and oxygen atoms in total. The number of halogens is 1. The van der Waals surface area contributed by atoms with Crippen LogP contribution in [0.1, 0.15) is 12.5 Å². The molecule has 2 aromatic rings. The molecule has 0 aliphatic carbocycles. The first kappa shape index (κ1) is 10.6. The molecule has 0 unspecified atom stereocenters. The van der Waals surface area contributed by atoms with Gasteiger partial charge in [0.1, 0.15) is 12.4 Å². The molecule has 0 spiro atoms. The molecule has 0 saturated heterocycles. The first-order chi connectivity index (χ1) is 7.78. The molecular weight excluding hydrogens is 209 g/mol. The monoisotopic (exact) mass is 221 g/mol. The van der Waals surface area contributed by atoms with Crippen molar-refractivity contribution in [2.24, 2.45) is 0 Å². The Hall–Kier alpha value is -1.91. The van der Waals surface area contributed by atoms with Crippen LogP contribution < -0.4 is 4.74 Å². The third-order valence-corrected chi connectivity index (χ3v) is 2.12. The molecule has 0 bridgehead atoms. The van der Waals surface area contributed by atoms with Gasteiger partial charge in [-0.15, -0.1) is 0 Å². The van der Waals surface area contributed by atoms with Crippen LogP contribution >= 0.6 is 0 Å². The Morgan fingerprint density at radius 3 is 2.88 bits per heavy atom. The van der Waals surface area contributed by atoms with Crippen molar-refractivity contribution in [1.29, 1.82) is 0 Å². The lowest BCUT2D eigenvalue weighted by molar-refractivity contribution is 0.303. The maximum atomic E-state index is 12.5. The highest BCUT2D eigenvalue weighted by molar-refractivity contribution is 5.17. The van der Waals surface area contributed by atoms with Gasteiger partial charge in [-0.3, -0.25) is 4.68 Å². The minimum absolute atomic E-state index is 0.410. The predicted molar refractivity (Wildman–Crippen MR) is 56.4 cm³/mol. The minimum Gasteiger partial charge on any atom is -0.487 e. The minimum atomic E-state index is -0.508. The standard InChI is InChI=1S/C11H12FN3O/c1-2-15-7-9(5-14-15)8-16-10-3-4-11(12)13-6-10/h3-7H,2,8H2,1H3. The summed E-state index contributed by atoms with van der Waals surface area (Å²) in [7, 11) is 0. The molecule has 16 heavy (non-hydrogen) atoms. The van der Waals surface area contributed by atoms with Gasteiger partial charge in [0.25, 0.3) is 0 Å². The number of nitrogens with zero attached hydrogens (tertiary/aromatic N) is 3. The third kappa shape index (κ3) is 2.56. The van der Waals surface area contributed by atoms with E-state index in [0.29, 0.717) is 12.4 Å². The summed E-state index contributed by atoms with van der Waals surface area (Å²) in [5.74, 6) is 0.0387. The van der Waals surface area contributed by atoms with Crippen molar-refractivity contribution >= 4 is 0 Å². The molecule has 5 heteroatoms. The molecule has 0 aliphatic rings. The van der Waals surface area contributed by atoms with Crippen LogP contribution in [-0.2, 0) is 13.2 Å². The fourth-order valence-electron chi connectivity index (χ4n) is 1.27. The zero-order chi connectivity index (χ0) is 11.4. The van der Waals surface area contributed by atoms with E-state index >= 15 is 0 Å². The lowest BCUT2D eigenvalue weighted by Gasteiger charge is -2.02. The van der Waals surface area contributed by atoms with E-state index in [1.807, 2.05) is 17.8 Å². The van der Waals surface area contributed by atoms with Crippen LogP contribution in [0.3, 0.4) is 0 Å². The van der Waals surface area contributed by atoms with E-state index in [1.165, 1.54) is 12.3 Å². The van der Waals surface area contributed by atoms with E-state index < -0.39 is 5.95 Å². The second-order valence-electron chi connectivity index (χ2n) is 3.31. The maximum Gasteiger partial charge on any atom is 0.213 e. The van der Waals surface area contributed by atoms with Crippen LogP contribution in [0.25, 0.3) is 0 Å². The molecule has 0 fully saturated rings. The smallest absolute Gasteiger partial charge is 0.213 e. The molecule has 0 radical (unpaired) electrons. The number of hydrogen-bond donors (Lipinski definition) is 0. The molecule has 2 aromatic heterocycles. The number of ether oxygens (including phenoxy) is 1. The Balaban J connectivity index is 1.94. The van der Waals surface area contributed by atoms with E-state index in [-0.39, 0.29) is 0 Å². The SMILES string of the molecule is CCn1cc(COc2ccc(F)nc2)cn1. The van der Waals surface area contributed by atoms with Crippen molar-refractivity contribution in [2.45, 2.75) is 20.1 Å². The normalized spacial score (nSPS) is 10.4. The van der Waals surface area contributed by atoms with Gasteiger partial charge in [0.2, 0.25) is 5.95 Å². The summed E-state index contributed by atoms with van der Waals surface area (Å²) in [6.07, 6.45) is 5.02. The molecular formula is C11H12FN3O. The van der Waals surface area contributed by atoms with E-state index in [4.69, 9.17) is 4.74 Å². The Morgan fingerprint density at radius 1 is 1.38 bits per heavy atom. The largest absolute Gasteiger partial charge is 0.487 e. The summed E-state index contributed by atoms with van der Waals surface area (Å²) < 4.78 is 19.8. The molecule has 0 N–H and O–H groups in total. The Morgan fingerprint density at radius 2 is 2.25 bits per heavy atom. The van der Waals surface area contributed by atoms with Crippen molar-refractivity contribution in [2.75, 3.05) is 0 Å². The maximum absolute atomic E-state index is 12.5. The fraction of sp³-hybridized carbons (Fsp3) is 0.273. The molecule has 2 rings (SSSR count). The van der Waals surface area contributed by atoms with Gasteiger partial charge in [-0.1, -0.05) is 0 Å². The van der Waals surface area contributed by atoms with Crippen molar-refractivity contribution in [3.63, 3.8) is 0 Å². The number of pyridine rings is 1. The molecule has 0 amide bonds. The van der Waals surface area contributed by atoms with Gasteiger partial charge in [0.05, 0.1) is 12.4 Å². The van der Waals surface area contributed by atoms with Crippen molar-refractivity contribution < 1.29 is 9.13 Å². The summed E-state index contributed by atoms with van der Waals surface area (Å²) in [5.41, 5.74) is 0.978. The molecule has 0 atom stereocenters. The van der Waals surface area contributed by atoms with Crippen LogP contribution in [0.15, 0.2) is 30.7 Å². The van der Waals surface area contributed by atoms with Gasteiger partial charge >= 0.3 is 0 Å². The first-order valence-corrected chi connectivity index (χ1v) is 5.03. The topological polar surface area (TPSA) is 39.9 Å². The van der Waals surface area contributed by atoms with Crippen LogP contribution in [0.5, 0.6) is 5.75 Å². The Kier molecular flexibility index (Phi) is 3.14. The molecule has 0 saturated carbocycles. The Labute approximate surface area is 92.7 Å². The van der Waals surface area contributed by atoms with Gasteiger partial charge in [0, 0.05) is 18.3 Å². The second kappa shape index (κ2) is 4.74. The van der Waals surface area contributed by atoms with Gasteiger partial charge in [-0.2, -0.15) is 9.49 Å². The summed E-state index contributed by atoms with van der Waals surface area (Å²) in [6.45, 7) is 3.26. The quantitative estimate of drug-likeness (QED) is 0.741. The third-order valence-electron chi connectivity index (χ3n) is 2.12. The highest BCUT2D eigenvalue weighted by Gasteiger charge is 1.99. The lowest BCUT2D eigenvalue weighted by Crippen LogP contribution is -1.96. The summed E-state index contributed by atoms with van der Waals surface area (Å²) in [6, 6.07) is 2.82. The van der Waals surface area contributed by atoms with Crippen molar-refractivity contribution in [1.82, 2.24) is 14.8 Å². The van der Waals surface area contributed by atoms with Crippen LogP contribution in [-0.4, -0.2) is 14.8 Å². The molecule has 84 valence electrons. The van der Waals surface area contributed by atoms with Crippen LogP contribution in [0.2, 0.25) is 0 Å². The summed E-state index contributed by atoms with van der Waals surface area (Å²) in [4.78, 5) is 3.50. The van der Waals surface area contributed by atoms with Gasteiger partial charge in [0.15, 0.2) is 0 Å². The van der Waals surface area contributed by atoms with Gasteiger partial charge in [-0.05, 0) is 19.1 Å². The highest BCUT2D eigenvalue weighted by Crippen LogP contribution is 2.10. The van der Waals surface area contributed by atoms with Crippen molar-refractivity contribution in [3.05, 3.63) is 42.2 Å². The van der Waals surface area contributed by atoms with Crippen LogP contribution in [0.4, 0.5) is 4.39 Å².